The maximum Gasteiger partial charge on any atom is 0.258 e. The lowest BCUT2D eigenvalue weighted by atomic mass is 10.1. The Bertz CT molecular complexity index is 1300. The average molecular weight is 505 g/mol. The van der Waals surface area contributed by atoms with Gasteiger partial charge in [0, 0.05) is 35.5 Å². The van der Waals surface area contributed by atoms with E-state index >= 15 is 0 Å². The van der Waals surface area contributed by atoms with E-state index < -0.39 is 0 Å². The number of hydrogen-bond donors (Lipinski definition) is 4. The van der Waals surface area contributed by atoms with E-state index in [9.17, 15) is 0 Å². The number of aliphatic hydroxyl groups is 2. The number of anilines is 1. The molecule has 2 aromatic carbocycles. The number of pyridine rings is 1. The van der Waals surface area contributed by atoms with Crippen molar-refractivity contribution < 1.29 is 19.9 Å². The summed E-state index contributed by atoms with van der Waals surface area (Å²) in [6.07, 6.45) is 0. The first-order chi connectivity index (χ1) is 17.9. The highest BCUT2D eigenvalue weighted by molar-refractivity contribution is 5.96. The van der Waals surface area contributed by atoms with Gasteiger partial charge in [-0.2, -0.15) is 4.98 Å². The summed E-state index contributed by atoms with van der Waals surface area (Å²) in [7, 11) is 0. The van der Waals surface area contributed by atoms with Gasteiger partial charge in [-0.25, -0.2) is 4.98 Å². The molecule has 0 saturated carbocycles. The van der Waals surface area contributed by atoms with Crippen LogP contribution in [0.15, 0.2) is 70.3 Å². The van der Waals surface area contributed by atoms with Gasteiger partial charge in [0.25, 0.3) is 5.89 Å². The minimum Gasteiger partial charge on any atom is -0.409 e. The van der Waals surface area contributed by atoms with Crippen molar-refractivity contribution in [3.63, 3.8) is 0 Å². The van der Waals surface area contributed by atoms with Crippen molar-refractivity contribution in [3.8, 4) is 22.8 Å². The Balaban J connectivity index is 0.000000266. The molecule has 0 saturated heterocycles. The molecule has 2 heterocycles. The minimum absolute atomic E-state index is 0.00352. The Morgan fingerprint density at radius 2 is 1.49 bits per heavy atom. The Morgan fingerprint density at radius 1 is 0.892 bits per heavy atom. The van der Waals surface area contributed by atoms with Crippen LogP contribution in [0, 0.1) is 6.92 Å². The third-order valence-electron chi connectivity index (χ3n) is 5.64. The predicted molar refractivity (Wildman–Crippen MR) is 142 cm³/mol. The molecule has 0 fully saturated rings. The van der Waals surface area contributed by atoms with Crippen molar-refractivity contribution in [1.29, 1.82) is 0 Å². The first-order valence-corrected chi connectivity index (χ1v) is 11.9. The average Bonchev–Trinajstić information content (AvgIpc) is 3.44. The topological polar surface area (TPSA) is 154 Å². The fourth-order valence-electron chi connectivity index (χ4n) is 3.54. The quantitative estimate of drug-likeness (QED) is 0.122. The van der Waals surface area contributed by atoms with Gasteiger partial charge in [-0.3, -0.25) is 0 Å². The monoisotopic (exact) mass is 504 g/mol. The number of aromatic nitrogens is 3. The molecule has 10 heteroatoms. The summed E-state index contributed by atoms with van der Waals surface area (Å²) in [5.74, 6) is 1.98. The zero-order valence-corrected chi connectivity index (χ0v) is 21.2. The van der Waals surface area contributed by atoms with E-state index in [1.165, 1.54) is 0 Å². The molecule has 37 heavy (non-hydrogen) atoms. The highest BCUT2D eigenvalue weighted by Gasteiger charge is 2.14. The van der Waals surface area contributed by atoms with Gasteiger partial charge in [0.15, 0.2) is 5.84 Å². The Kier molecular flexibility index (Phi) is 9.70. The molecule has 10 nitrogen and oxygen atoms in total. The van der Waals surface area contributed by atoms with Crippen molar-refractivity contribution >= 4 is 11.7 Å². The SMILES string of the molecule is CCN(CC)c1cc(-c2nc(-c3ccc(CO)cc3)no2)cc(C)n1.NC(=NO)c1ccc(CO)cc1. The number of rotatable bonds is 8. The molecule has 5 N–H and O–H groups in total. The molecule has 2 aromatic heterocycles. The van der Waals surface area contributed by atoms with E-state index in [4.69, 9.17) is 25.7 Å². The largest absolute Gasteiger partial charge is 0.409 e. The minimum atomic E-state index is -0.00352. The first kappa shape index (κ1) is 27.3. The second-order valence-corrected chi connectivity index (χ2v) is 8.15. The normalized spacial score (nSPS) is 11.1. The van der Waals surface area contributed by atoms with Gasteiger partial charge >= 0.3 is 0 Å². The van der Waals surface area contributed by atoms with Gasteiger partial charge in [-0.1, -0.05) is 58.8 Å². The number of nitrogens with two attached hydrogens (primary N) is 1. The van der Waals surface area contributed by atoms with Crippen LogP contribution >= 0.6 is 0 Å². The van der Waals surface area contributed by atoms with Crippen LogP contribution in [0.25, 0.3) is 22.8 Å². The van der Waals surface area contributed by atoms with E-state index in [0.29, 0.717) is 17.3 Å². The molecule has 0 aliphatic heterocycles. The summed E-state index contributed by atoms with van der Waals surface area (Å²) < 4.78 is 5.46. The number of nitrogens with zero attached hydrogens (tertiary/aromatic N) is 5. The van der Waals surface area contributed by atoms with Gasteiger partial charge in [0.2, 0.25) is 5.82 Å². The first-order valence-electron chi connectivity index (χ1n) is 11.9. The number of aryl methyl sites for hydroxylation is 1. The Morgan fingerprint density at radius 3 is 2.03 bits per heavy atom. The summed E-state index contributed by atoms with van der Waals surface area (Å²) in [4.78, 5) is 11.3. The molecular formula is C27H32N6O4. The zero-order valence-electron chi connectivity index (χ0n) is 21.2. The second-order valence-electron chi connectivity index (χ2n) is 8.15. The van der Waals surface area contributed by atoms with Crippen LogP contribution in [0.3, 0.4) is 0 Å². The summed E-state index contributed by atoms with van der Waals surface area (Å²) in [6, 6.07) is 18.2. The van der Waals surface area contributed by atoms with Crippen LogP contribution in [-0.4, -0.2) is 49.5 Å². The Labute approximate surface area is 215 Å². The molecule has 0 radical (unpaired) electrons. The van der Waals surface area contributed by atoms with Crippen LogP contribution in [0.5, 0.6) is 0 Å². The molecule has 0 bridgehead atoms. The molecule has 0 aliphatic carbocycles. The lowest BCUT2D eigenvalue weighted by Crippen LogP contribution is -2.23. The van der Waals surface area contributed by atoms with E-state index in [1.807, 2.05) is 43.3 Å². The van der Waals surface area contributed by atoms with E-state index in [-0.39, 0.29) is 19.0 Å². The maximum absolute atomic E-state index is 9.13. The zero-order chi connectivity index (χ0) is 26.8. The van der Waals surface area contributed by atoms with Gasteiger partial charge in [0.1, 0.15) is 5.82 Å². The molecule has 0 amide bonds. The highest BCUT2D eigenvalue weighted by atomic mass is 16.5. The molecule has 4 rings (SSSR count). The number of amidine groups is 1. The van der Waals surface area contributed by atoms with E-state index in [2.05, 4.69) is 39.0 Å². The lowest BCUT2D eigenvalue weighted by molar-refractivity contribution is 0.281. The lowest BCUT2D eigenvalue weighted by Gasteiger charge is -2.20. The van der Waals surface area contributed by atoms with Gasteiger partial charge in [-0.15, -0.1) is 0 Å². The maximum atomic E-state index is 9.13. The third-order valence-corrected chi connectivity index (χ3v) is 5.64. The van der Waals surface area contributed by atoms with Crippen molar-refractivity contribution in [1.82, 2.24) is 15.1 Å². The molecule has 0 aliphatic rings. The van der Waals surface area contributed by atoms with Crippen molar-refractivity contribution in [2.24, 2.45) is 10.9 Å². The number of aliphatic hydroxyl groups excluding tert-OH is 2. The summed E-state index contributed by atoms with van der Waals surface area (Å²) >= 11 is 0. The van der Waals surface area contributed by atoms with Gasteiger partial charge < -0.3 is 30.6 Å². The van der Waals surface area contributed by atoms with Crippen LogP contribution in [-0.2, 0) is 13.2 Å². The molecule has 4 aromatic rings. The van der Waals surface area contributed by atoms with Crippen LogP contribution in [0.1, 0.15) is 36.2 Å². The van der Waals surface area contributed by atoms with Gasteiger partial charge in [0.05, 0.1) is 13.2 Å². The third kappa shape index (κ3) is 7.12. The van der Waals surface area contributed by atoms with Crippen LogP contribution in [0.2, 0.25) is 0 Å². The molecule has 0 atom stereocenters. The van der Waals surface area contributed by atoms with E-state index in [0.717, 1.165) is 46.9 Å². The highest BCUT2D eigenvalue weighted by Crippen LogP contribution is 2.26. The number of benzene rings is 2. The van der Waals surface area contributed by atoms with Crippen molar-refractivity contribution in [2.45, 2.75) is 34.0 Å². The molecular weight excluding hydrogens is 472 g/mol. The predicted octanol–water partition coefficient (Wildman–Crippen LogP) is 3.72. The summed E-state index contributed by atoms with van der Waals surface area (Å²) in [6.45, 7) is 7.96. The standard InChI is InChI=1S/C19H22N4O2.C8H10N2O2/c1-4-23(5-2)17-11-16(10-13(3)20-17)19-21-18(22-25-19)15-8-6-14(12-24)7-9-15;9-8(10-12)7-3-1-6(5-11)2-4-7/h6-11,24H,4-5,12H2,1-3H3;1-4,11-12H,5H2,(H2,9,10). The van der Waals surface area contributed by atoms with Crippen molar-refractivity contribution in [2.75, 3.05) is 18.0 Å². The van der Waals surface area contributed by atoms with Crippen LogP contribution in [0.4, 0.5) is 5.82 Å². The van der Waals surface area contributed by atoms with Crippen molar-refractivity contribution in [3.05, 3.63) is 83.0 Å². The molecule has 0 spiro atoms. The molecule has 0 unspecified atom stereocenters. The second kappa shape index (κ2) is 13.1. The number of oxime groups is 1. The van der Waals surface area contributed by atoms with Crippen LogP contribution < -0.4 is 10.6 Å². The Hall–Kier alpha value is -4.28. The number of hydrogen-bond acceptors (Lipinski definition) is 9. The smallest absolute Gasteiger partial charge is 0.258 e. The summed E-state index contributed by atoms with van der Waals surface area (Å²) in [5, 5.41) is 33.1. The fourth-order valence-corrected chi connectivity index (χ4v) is 3.54. The summed E-state index contributed by atoms with van der Waals surface area (Å²) in [5.41, 5.74) is 10.2. The van der Waals surface area contributed by atoms with Gasteiger partial charge in [-0.05, 0) is 44.0 Å². The van der Waals surface area contributed by atoms with E-state index in [1.54, 1.807) is 24.3 Å². The fraction of sp³-hybridized carbons (Fsp3) is 0.259. The molecule has 194 valence electrons.